The molecule has 6 heteroatoms. The van der Waals surface area contributed by atoms with E-state index in [2.05, 4.69) is 0 Å². The Morgan fingerprint density at radius 2 is 1.88 bits per heavy atom. The average Bonchev–Trinajstić information content (AvgIpc) is 2.59. The monoisotopic (exact) mass is 237 g/mol. The highest BCUT2D eigenvalue weighted by atomic mass is 16.3. The van der Waals surface area contributed by atoms with Crippen LogP contribution in [0.4, 0.5) is 11.4 Å². The van der Waals surface area contributed by atoms with Crippen LogP contribution in [0.15, 0.2) is 18.2 Å². The van der Waals surface area contributed by atoms with E-state index in [0.717, 1.165) is 0 Å². The lowest BCUT2D eigenvalue weighted by Gasteiger charge is -2.18. The smallest absolute Gasteiger partial charge is 0.250 e. The number of carbonyl (C=O) groups is 1. The molecule has 1 heterocycles. The van der Waals surface area contributed by atoms with E-state index in [1.54, 1.807) is 23.1 Å². The molecule has 0 radical (unpaired) electrons. The van der Waals surface area contributed by atoms with Crippen LogP contribution in [0.1, 0.15) is 10.4 Å². The van der Waals surface area contributed by atoms with Gasteiger partial charge < -0.3 is 26.6 Å². The number of primary amides is 1. The van der Waals surface area contributed by atoms with Gasteiger partial charge in [-0.3, -0.25) is 4.79 Å². The van der Waals surface area contributed by atoms with Crippen LogP contribution in [-0.4, -0.2) is 41.4 Å². The van der Waals surface area contributed by atoms with Gasteiger partial charge in [-0.25, -0.2) is 0 Å². The largest absolute Gasteiger partial charge is 0.398 e. The van der Waals surface area contributed by atoms with Gasteiger partial charge in [-0.2, -0.15) is 0 Å². The molecule has 2 rings (SSSR count). The Labute approximate surface area is 98.4 Å². The summed E-state index contributed by atoms with van der Waals surface area (Å²) in [6.45, 7) is 0.645. The van der Waals surface area contributed by atoms with Gasteiger partial charge in [-0.15, -0.1) is 0 Å². The van der Waals surface area contributed by atoms with Crippen LogP contribution in [0.25, 0.3) is 0 Å². The van der Waals surface area contributed by atoms with Gasteiger partial charge in [-0.05, 0) is 18.2 Å². The number of aliphatic hydroxyl groups excluding tert-OH is 2. The van der Waals surface area contributed by atoms with E-state index < -0.39 is 18.1 Å². The van der Waals surface area contributed by atoms with E-state index in [-0.39, 0.29) is 5.56 Å². The molecule has 0 spiro atoms. The minimum atomic E-state index is -0.774. The lowest BCUT2D eigenvalue weighted by molar-refractivity contribution is 0.0572. The second-order valence-electron chi connectivity index (χ2n) is 4.18. The number of β-amino-alcohol motifs (C(OH)–C–C–N with tert-alkyl or cyclic N) is 2. The zero-order valence-electron chi connectivity index (χ0n) is 9.21. The molecule has 1 saturated heterocycles. The van der Waals surface area contributed by atoms with Gasteiger partial charge in [0.2, 0.25) is 0 Å². The lowest BCUT2D eigenvalue weighted by atomic mass is 10.1. The molecule has 0 aromatic heterocycles. The van der Waals surface area contributed by atoms with Crippen LogP contribution in [0.2, 0.25) is 0 Å². The lowest BCUT2D eigenvalue weighted by Crippen LogP contribution is -2.22. The highest BCUT2D eigenvalue weighted by molar-refractivity contribution is 5.99. The topological polar surface area (TPSA) is 113 Å². The fourth-order valence-corrected chi connectivity index (χ4v) is 1.93. The molecule has 1 aromatic carbocycles. The number of nitrogens with zero attached hydrogens (tertiary/aromatic N) is 1. The van der Waals surface area contributed by atoms with Crippen molar-refractivity contribution in [1.82, 2.24) is 0 Å². The summed E-state index contributed by atoms with van der Waals surface area (Å²) in [5.41, 5.74) is 12.1. The number of anilines is 2. The molecule has 1 aliphatic rings. The molecule has 0 saturated carbocycles. The van der Waals surface area contributed by atoms with Crippen molar-refractivity contribution in [1.29, 1.82) is 0 Å². The van der Waals surface area contributed by atoms with Crippen LogP contribution in [0, 0.1) is 0 Å². The third-order valence-electron chi connectivity index (χ3n) is 2.93. The highest BCUT2D eigenvalue weighted by Gasteiger charge is 2.29. The van der Waals surface area contributed by atoms with Crippen LogP contribution in [0.3, 0.4) is 0 Å². The molecule has 0 aliphatic carbocycles. The van der Waals surface area contributed by atoms with Gasteiger partial charge >= 0.3 is 0 Å². The van der Waals surface area contributed by atoms with Gasteiger partial charge in [-0.1, -0.05) is 0 Å². The molecule has 2 unspecified atom stereocenters. The Bertz CT molecular complexity index is 440. The van der Waals surface area contributed by atoms with Crippen molar-refractivity contribution in [3.63, 3.8) is 0 Å². The highest BCUT2D eigenvalue weighted by Crippen LogP contribution is 2.24. The molecule has 92 valence electrons. The van der Waals surface area contributed by atoms with E-state index in [1.807, 2.05) is 0 Å². The van der Waals surface area contributed by atoms with Crippen molar-refractivity contribution in [3.05, 3.63) is 23.8 Å². The van der Waals surface area contributed by atoms with Gasteiger partial charge in [0.25, 0.3) is 5.91 Å². The normalized spacial score (nSPS) is 24.0. The summed E-state index contributed by atoms with van der Waals surface area (Å²) in [5, 5.41) is 18.9. The number of aliphatic hydroxyl groups is 2. The Morgan fingerprint density at radius 3 is 2.41 bits per heavy atom. The minimum absolute atomic E-state index is 0.248. The maximum atomic E-state index is 11.1. The van der Waals surface area contributed by atoms with Crippen molar-refractivity contribution in [3.8, 4) is 0 Å². The van der Waals surface area contributed by atoms with Crippen molar-refractivity contribution >= 4 is 17.3 Å². The molecule has 1 fully saturated rings. The van der Waals surface area contributed by atoms with Crippen LogP contribution in [0.5, 0.6) is 0 Å². The quantitative estimate of drug-likeness (QED) is 0.488. The second-order valence-corrected chi connectivity index (χ2v) is 4.18. The summed E-state index contributed by atoms with van der Waals surface area (Å²) < 4.78 is 0. The first-order valence-corrected chi connectivity index (χ1v) is 5.29. The Morgan fingerprint density at radius 1 is 1.29 bits per heavy atom. The van der Waals surface area contributed by atoms with Crippen molar-refractivity contribution in [2.24, 2.45) is 5.73 Å². The molecule has 1 amide bonds. The number of hydrogen-bond donors (Lipinski definition) is 4. The van der Waals surface area contributed by atoms with Crippen molar-refractivity contribution in [2.45, 2.75) is 12.2 Å². The summed E-state index contributed by atoms with van der Waals surface area (Å²) in [4.78, 5) is 12.9. The van der Waals surface area contributed by atoms with E-state index in [9.17, 15) is 15.0 Å². The molecular weight excluding hydrogens is 222 g/mol. The van der Waals surface area contributed by atoms with Crippen LogP contribution in [-0.2, 0) is 0 Å². The Balaban J connectivity index is 2.28. The Hall–Kier alpha value is -1.79. The first-order chi connectivity index (χ1) is 7.99. The second kappa shape index (κ2) is 4.23. The van der Waals surface area contributed by atoms with Gasteiger partial charge in [0.05, 0.1) is 17.8 Å². The van der Waals surface area contributed by atoms with Crippen molar-refractivity contribution < 1.29 is 15.0 Å². The summed E-state index contributed by atoms with van der Waals surface area (Å²) in [5.74, 6) is -0.593. The summed E-state index contributed by atoms with van der Waals surface area (Å²) in [6.07, 6.45) is -1.55. The third-order valence-corrected chi connectivity index (χ3v) is 2.93. The van der Waals surface area contributed by atoms with Crippen LogP contribution >= 0.6 is 0 Å². The molecule has 1 aromatic rings. The first-order valence-electron chi connectivity index (χ1n) is 5.29. The molecule has 0 bridgehead atoms. The van der Waals surface area contributed by atoms with E-state index in [1.165, 1.54) is 0 Å². The van der Waals surface area contributed by atoms with Gasteiger partial charge in [0, 0.05) is 24.5 Å². The molecule has 2 atom stereocenters. The molecule has 6 N–H and O–H groups in total. The molecule has 17 heavy (non-hydrogen) atoms. The van der Waals surface area contributed by atoms with Gasteiger partial charge in [0.15, 0.2) is 0 Å². The summed E-state index contributed by atoms with van der Waals surface area (Å²) >= 11 is 0. The first kappa shape index (κ1) is 11.7. The maximum absolute atomic E-state index is 11.1. The van der Waals surface area contributed by atoms with Crippen LogP contribution < -0.4 is 16.4 Å². The standard InChI is InChI=1S/C11H15N3O3/c12-8-2-1-6(3-7(8)11(13)17)14-4-9(15)10(16)5-14/h1-3,9-10,15-16H,4-5,12H2,(H2,13,17). The number of amides is 1. The zero-order valence-corrected chi connectivity index (χ0v) is 9.21. The van der Waals surface area contributed by atoms with E-state index in [0.29, 0.717) is 24.5 Å². The predicted molar refractivity (Wildman–Crippen MR) is 63.6 cm³/mol. The Kier molecular flexibility index (Phi) is 2.91. The number of carbonyl (C=O) groups excluding carboxylic acids is 1. The summed E-state index contributed by atoms with van der Waals surface area (Å²) in [6, 6.07) is 4.89. The maximum Gasteiger partial charge on any atom is 0.250 e. The number of nitrogen functional groups attached to an aromatic ring is 1. The molecule has 6 nitrogen and oxygen atoms in total. The number of nitrogens with two attached hydrogens (primary N) is 2. The molecule has 1 aliphatic heterocycles. The average molecular weight is 237 g/mol. The molecular formula is C11H15N3O3. The fourth-order valence-electron chi connectivity index (χ4n) is 1.93. The van der Waals surface area contributed by atoms with Crippen molar-refractivity contribution in [2.75, 3.05) is 23.7 Å². The SMILES string of the molecule is NC(=O)c1cc(N2CC(O)C(O)C2)ccc1N. The zero-order chi connectivity index (χ0) is 12.6. The number of benzene rings is 1. The summed E-state index contributed by atoms with van der Waals surface area (Å²) in [7, 11) is 0. The number of rotatable bonds is 2. The van der Waals surface area contributed by atoms with E-state index in [4.69, 9.17) is 11.5 Å². The third kappa shape index (κ3) is 2.17. The number of hydrogen-bond acceptors (Lipinski definition) is 5. The fraction of sp³-hybridized carbons (Fsp3) is 0.364. The van der Waals surface area contributed by atoms with E-state index >= 15 is 0 Å². The minimum Gasteiger partial charge on any atom is -0.398 e. The predicted octanol–water partition coefficient (Wildman–Crippen LogP) is -1.09. The van der Waals surface area contributed by atoms with Gasteiger partial charge in [0.1, 0.15) is 0 Å².